The van der Waals surface area contributed by atoms with Gasteiger partial charge in [-0.2, -0.15) is 5.10 Å². The third-order valence-corrected chi connectivity index (χ3v) is 3.45. The van der Waals surface area contributed by atoms with Gasteiger partial charge in [0.25, 0.3) is 5.91 Å². The van der Waals surface area contributed by atoms with Crippen LogP contribution in [0.3, 0.4) is 0 Å². The molecule has 1 aliphatic rings. The number of hydrogen-bond donors (Lipinski definition) is 0. The van der Waals surface area contributed by atoms with Crippen molar-refractivity contribution in [3.8, 4) is 5.75 Å². The predicted molar refractivity (Wildman–Crippen MR) is 74.2 cm³/mol. The molecule has 0 bridgehead atoms. The van der Waals surface area contributed by atoms with E-state index in [1.807, 2.05) is 46.0 Å². The second-order valence-electron chi connectivity index (χ2n) is 4.88. The van der Waals surface area contributed by atoms with Gasteiger partial charge in [-0.25, -0.2) is 0 Å². The fourth-order valence-corrected chi connectivity index (χ4v) is 2.38. The number of rotatable bonds is 3. The highest BCUT2D eigenvalue weighted by atomic mass is 16.5. The van der Waals surface area contributed by atoms with Crippen molar-refractivity contribution in [2.24, 2.45) is 0 Å². The molecular weight excluding hydrogens is 254 g/mol. The molecule has 0 fully saturated rings. The molecule has 1 atom stereocenters. The zero-order valence-electron chi connectivity index (χ0n) is 11.4. The fraction of sp³-hybridized carbons (Fsp3) is 0.333. The van der Waals surface area contributed by atoms with Crippen molar-refractivity contribution >= 4 is 5.91 Å². The van der Waals surface area contributed by atoms with Crippen molar-refractivity contribution < 1.29 is 9.53 Å². The molecule has 104 valence electrons. The van der Waals surface area contributed by atoms with E-state index in [-0.39, 0.29) is 5.91 Å². The van der Waals surface area contributed by atoms with E-state index >= 15 is 0 Å². The minimum absolute atomic E-state index is 0.0151. The van der Waals surface area contributed by atoms with Crippen LogP contribution in [0.1, 0.15) is 12.6 Å². The maximum atomic E-state index is 12.4. The number of ether oxygens (including phenoxy) is 1. The highest BCUT2D eigenvalue weighted by Crippen LogP contribution is 2.15. The highest BCUT2D eigenvalue weighted by molar-refractivity contribution is 5.81. The maximum absolute atomic E-state index is 12.4. The lowest BCUT2D eigenvalue weighted by atomic mass is 10.2. The summed E-state index contributed by atoms with van der Waals surface area (Å²) in [4.78, 5) is 14.2. The second-order valence-corrected chi connectivity index (χ2v) is 4.88. The Morgan fingerprint density at radius 1 is 1.25 bits per heavy atom. The van der Waals surface area contributed by atoms with Gasteiger partial charge < -0.3 is 9.64 Å². The van der Waals surface area contributed by atoms with Crippen molar-refractivity contribution in [2.45, 2.75) is 26.1 Å². The molecule has 0 N–H and O–H groups in total. The van der Waals surface area contributed by atoms with Gasteiger partial charge in [-0.15, -0.1) is 0 Å². The van der Waals surface area contributed by atoms with Gasteiger partial charge in [0.15, 0.2) is 6.10 Å². The van der Waals surface area contributed by atoms with Gasteiger partial charge in [0.1, 0.15) is 5.75 Å². The Labute approximate surface area is 117 Å². The first kappa shape index (κ1) is 12.7. The summed E-state index contributed by atoms with van der Waals surface area (Å²) in [6, 6.07) is 11.4. The summed E-state index contributed by atoms with van der Waals surface area (Å²) < 4.78 is 7.62. The summed E-state index contributed by atoms with van der Waals surface area (Å²) in [6.07, 6.45) is 1.29. The minimum atomic E-state index is -0.480. The molecule has 5 nitrogen and oxygen atoms in total. The van der Waals surface area contributed by atoms with E-state index in [1.165, 1.54) is 0 Å². The number of para-hydroxylation sites is 1. The van der Waals surface area contributed by atoms with Crippen LogP contribution in [0.15, 0.2) is 42.6 Å². The molecule has 2 heterocycles. The molecule has 5 heteroatoms. The van der Waals surface area contributed by atoms with Crippen LogP contribution in [0.4, 0.5) is 0 Å². The van der Waals surface area contributed by atoms with E-state index in [1.54, 1.807) is 13.1 Å². The lowest BCUT2D eigenvalue weighted by Crippen LogP contribution is -2.44. The molecule has 0 aliphatic carbocycles. The lowest BCUT2D eigenvalue weighted by molar-refractivity contribution is -0.139. The topological polar surface area (TPSA) is 47.4 Å². The Bertz CT molecular complexity index is 594. The molecule has 2 aromatic rings. The Balaban J connectivity index is 1.64. The normalized spacial score (nSPS) is 15.6. The van der Waals surface area contributed by atoms with Crippen LogP contribution in [-0.4, -0.2) is 33.2 Å². The number of carbonyl (C=O) groups is 1. The summed E-state index contributed by atoms with van der Waals surface area (Å²) >= 11 is 0. The first-order valence-corrected chi connectivity index (χ1v) is 6.75. The average Bonchev–Trinajstić information content (AvgIpc) is 2.94. The van der Waals surface area contributed by atoms with E-state index in [0.717, 1.165) is 18.0 Å². The van der Waals surface area contributed by atoms with E-state index in [2.05, 4.69) is 5.10 Å². The third-order valence-electron chi connectivity index (χ3n) is 3.45. The second kappa shape index (κ2) is 5.36. The summed E-state index contributed by atoms with van der Waals surface area (Å²) in [5.41, 5.74) is 1.07. The van der Waals surface area contributed by atoms with Crippen LogP contribution in [0, 0.1) is 0 Å². The van der Waals surface area contributed by atoms with Crippen LogP contribution in [0.2, 0.25) is 0 Å². The summed E-state index contributed by atoms with van der Waals surface area (Å²) in [5.74, 6) is 0.733. The number of hydrogen-bond acceptors (Lipinski definition) is 3. The van der Waals surface area contributed by atoms with Gasteiger partial charge >= 0.3 is 0 Å². The third kappa shape index (κ3) is 2.52. The molecule has 1 amide bonds. The Kier molecular flexibility index (Phi) is 3.41. The SMILES string of the molecule is C[C@H](Oc1ccccc1)C(=O)N1CCn2nccc2C1. The van der Waals surface area contributed by atoms with Gasteiger partial charge in [-0.3, -0.25) is 9.48 Å². The standard InChI is InChI=1S/C15H17N3O2/c1-12(20-14-5-3-2-4-6-14)15(19)17-9-10-18-13(11-17)7-8-16-18/h2-8,12H,9-11H2,1H3/t12-/m0/s1. The van der Waals surface area contributed by atoms with Crippen molar-refractivity contribution in [2.75, 3.05) is 6.54 Å². The van der Waals surface area contributed by atoms with E-state index < -0.39 is 6.10 Å². The molecule has 1 aromatic heterocycles. The fourth-order valence-electron chi connectivity index (χ4n) is 2.38. The van der Waals surface area contributed by atoms with Crippen molar-refractivity contribution in [3.63, 3.8) is 0 Å². The van der Waals surface area contributed by atoms with E-state index in [0.29, 0.717) is 13.1 Å². The van der Waals surface area contributed by atoms with Crippen molar-refractivity contribution in [1.82, 2.24) is 14.7 Å². The molecule has 0 spiro atoms. The molecule has 0 radical (unpaired) electrons. The Morgan fingerprint density at radius 2 is 2.05 bits per heavy atom. The molecule has 0 unspecified atom stereocenters. The van der Waals surface area contributed by atoms with Crippen LogP contribution < -0.4 is 4.74 Å². The summed E-state index contributed by atoms with van der Waals surface area (Å²) in [5, 5.41) is 4.21. The molecular formula is C15H17N3O2. The molecule has 0 saturated carbocycles. The molecule has 1 aliphatic heterocycles. The Morgan fingerprint density at radius 3 is 2.85 bits per heavy atom. The molecule has 20 heavy (non-hydrogen) atoms. The number of aromatic nitrogens is 2. The number of amides is 1. The van der Waals surface area contributed by atoms with E-state index in [4.69, 9.17) is 4.74 Å². The smallest absolute Gasteiger partial charge is 0.263 e. The number of nitrogens with zero attached hydrogens (tertiary/aromatic N) is 3. The zero-order chi connectivity index (χ0) is 13.9. The monoisotopic (exact) mass is 271 g/mol. The quantitative estimate of drug-likeness (QED) is 0.853. The number of fused-ring (bicyclic) bond motifs is 1. The van der Waals surface area contributed by atoms with Crippen LogP contribution in [0.5, 0.6) is 5.75 Å². The first-order valence-electron chi connectivity index (χ1n) is 6.75. The van der Waals surface area contributed by atoms with Gasteiger partial charge in [0.05, 0.1) is 18.8 Å². The minimum Gasteiger partial charge on any atom is -0.481 e. The summed E-state index contributed by atoms with van der Waals surface area (Å²) in [7, 11) is 0. The Hall–Kier alpha value is -2.30. The number of benzene rings is 1. The zero-order valence-corrected chi connectivity index (χ0v) is 11.4. The number of carbonyl (C=O) groups excluding carboxylic acids is 1. The molecule has 0 saturated heterocycles. The first-order chi connectivity index (χ1) is 9.74. The molecule has 3 rings (SSSR count). The van der Waals surface area contributed by atoms with Gasteiger partial charge in [-0.1, -0.05) is 18.2 Å². The van der Waals surface area contributed by atoms with E-state index in [9.17, 15) is 4.79 Å². The van der Waals surface area contributed by atoms with Crippen molar-refractivity contribution in [3.05, 3.63) is 48.3 Å². The highest BCUT2D eigenvalue weighted by Gasteiger charge is 2.25. The van der Waals surface area contributed by atoms with Crippen LogP contribution in [-0.2, 0) is 17.9 Å². The molecule has 1 aromatic carbocycles. The van der Waals surface area contributed by atoms with Crippen LogP contribution >= 0.6 is 0 Å². The predicted octanol–water partition coefficient (Wildman–Crippen LogP) is 1.69. The van der Waals surface area contributed by atoms with Gasteiger partial charge in [0, 0.05) is 12.7 Å². The maximum Gasteiger partial charge on any atom is 0.263 e. The lowest BCUT2D eigenvalue weighted by Gasteiger charge is -2.30. The summed E-state index contributed by atoms with van der Waals surface area (Å²) in [6.45, 7) is 3.81. The van der Waals surface area contributed by atoms with Gasteiger partial charge in [0.2, 0.25) is 0 Å². The van der Waals surface area contributed by atoms with Crippen LogP contribution in [0.25, 0.3) is 0 Å². The van der Waals surface area contributed by atoms with Gasteiger partial charge in [-0.05, 0) is 25.1 Å². The van der Waals surface area contributed by atoms with Crippen molar-refractivity contribution in [1.29, 1.82) is 0 Å². The average molecular weight is 271 g/mol. The largest absolute Gasteiger partial charge is 0.481 e.